The van der Waals surface area contributed by atoms with Crippen molar-refractivity contribution in [1.82, 2.24) is 0 Å². The summed E-state index contributed by atoms with van der Waals surface area (Å²) >= 11 is 0. The lowest BCUT2D eigenvalue weighted by Gasteiger charge is -2.52. The van der Waals surface area contributed by atoms with E-state index in [2.05, 4.69) is 0 Å². The molecule has 0 aromatic rings. The Bertz CT molecular complexity index is 892. The Morgan fingerprint density at radius 3 is 2.34 bits per heavy atom. The average Bonchev–Trinajstić information content (AvgIpc) is 3.36. The van der Waals surface area contributed by atoms with Gasteiger partial charge in [0.1, 0.15) is 18.0 Å². The molecule has 35 heavy (non-hydrogen) atoms. The molecule has 9 heteroatoms. The van der Waals surface area contributed by atoms with Gasteiger partial charge in [0, 0.05) is 71.2 Å². The first-order valence-electron chi connectivity index (χ1n) is 12.7. The molecule has 0 spiro atoms. The summed E-state index contributed by atoms with van der Waals surface area (Å²) < 4.78 is 29.4. The van der Waals surface area contributed by atoms with Crippen molar-refractivity contribution < 1.29 is 43.2 Å². The van der Waals surface area contributed by atoms with Crippen LogP contribution in [0.3, 0.4) is 0 Å². The quantitative estimate of drug-likeness (QED) is 0.415. The van der Waals surface area contributed by atoms with Crippen LogP contribution in [0.2, 0.25) is 0 Å². The van der Waals surface area contributed by atoms with Gasteiger partial charge in [0.25, 0.3) is 0 Å². The van der Waals surface area contributed by atoms with Crippen LogP contribution in [0, 0.1) is 40.9 Å². The van der Waals surface area contributed by atoms with Gasteiger partial charge in [-0.15, -0.1) is 0 Å². The summed E-state index contributed by atoms with van der Waals surface area (Å²) in [6.07, 6.45) is 2.56. The maximum absolute atomic E-state index is 12.6. The van der Waals surface area contributed by atoms with Crippen LogP contribution >= 0.6 is 0 Å². The number of aldehydes is 1. The van der Waals surface area contributed by atoms with Gasteiger partial charge in [-0.1, -0.05) is 0 Å². The Labute approximate surface area is 206 Å². The summed E-state index contributed by atoms with van der Waals surface area (Å²) in [5.74, 6) is -2.02. The minimum Gasteiger partial charge on any atom is -0.462 e. The minimum atomic E-state index is -1.29. The lowest BCUT2D eigenvalue weighted by atomic mass is 9.57. The van der Waals surface area contributed by atoms with Crippen LogP contribution in [0.15, 0.2) is 0 Å². The van der Waals surface area contributed by atoms with Crippen molar-refractivity contribution in [3.8, 4) is 0 Å². The molecule has 5 aliphatic rings. The summed E-state index contributed by atoms with van der Waals surface area (Å²) in [7, 11) is 4.82. The van der Waals surface area contributed by atoms with Crippen LogP contribution in [-0.4, -0.2) is 80.8 Å². The number of hydrogen-bond donors (Lipinski definition) is 1. The highest BCUT2D eigenvalue weighted by atomic mass is 16.6. The van der Waals surface area contributed by atoms with Crippen molar-refractivity contribution in [1.29, 1.82) is 0 Å². The highest BCUT2D eigenvalue weighted by molar-refractivity contribution is 5.68. The standard InChI is InChI=1S/C26H38O9/c1-13(28)34-23-15-8-16-21-17(25(22(16)23,35-14(2)29)10-18(15)32-4)9-19-24(11-27,12-31-3)7-6-20(33-5)26(19,21)30/h11,15-23,30H,6-10,12H2,1-5H3/t15-,16-,17-,18-,19+,20-,21-,22+,23-,24-,25-,26?/m0/s1. The SMILES string of the molecule is COC[C@@]1(C=O)CC[C@H](OC)C2(O)[C@H]3[C@@H]4C[C@@H]5[C@H](OC(C)=O)[C@@H]4[C@](OC(C)=O)(C[C@@H]5OC)[C@H]3C[C@@H]21. The molecule has 5 saturated carbocycles. The first kappa shape index (κ1) is 25.1. The van der Waals surface area contributed by atoms with Crippen molar-refractivity contribution in [2.24, 2.45) is 40.9 Å². The second-order valence-corrected chi connectivity index (χ2v) is 11.5. The van der Waals surface area contributed by atoms with Gasteiger partial charge in [0.15, 0.2) is 0 Å². The molecule has 2 bridgehead atoms. The van der Waals surface area contributed by atoms with Gasteiger partial charge < -0.3 is 33.6 Å². The third-order valence-corrected chi connectivity index (χ3v) is 10.4. The molecule has 9 nitrogen and oxygen atoms in total. The van der Waals surface area contributed by atoms with E-state index in [0.717, 1.165) is 6.29 Å². The van der Waals surface area contributed by atoms with E-state index >= 15 is 0 Å². The highest BCUT2D eigenvalue weighted by Gasteiger charge is 2.81. The fourth-order valence-electron chi connectivity index (χ4n) is 9.69. The summed E-state index contributed by atoms with van der Waals surface area (Å²) in [4.78, 5) is 37.3. The van der Waals surface area contributed by atoms with E-state index < -0.39 is 40.7 Å². The number of aliphatic hydroxyl groups is 1. The second-order valence-electron chi connectivity index (χ2n) is 11.5. The molecule has 1 N–H and O–H groups in total. The fourth-order valence-corrected chi connectivity index (χ4v) is 9.69. The zero-order valence-corrected chi connectivity index (χ0v) is 21.2. The van der Waals surface area contributed by atoms with Crippen LogP contribution in [0.1, 0.15) is 46.0 Å². The van der Waals surface area contributed by atoms with E-state index in [1.807, 2.05) is 0 Å². The van der Waals surface area contributed by atoms with E-state index in [-0.39, 0.29) is 48.3 Å². The molecule has 5 aliphatic carbocycles. The zero-order chi connectivity index (χ0) is 25.3. The predicted octanol–water partition coefficient (Wildman–Crippen LogP) is 1.53. The molecule has 1 unspecified atom stereocenters. The van der Waals surface area contributed by atoms with Gasteiger partial charge >= 0.3 is 11.9 Å². The normalized spacial score (nSPS) is 51.4. The van der Waals surface area contributed by atoms with Gasteiger partial charge in [-0.25, -0.2) is 0 Å². The number of fused-ring (bicyclic) bond motifs is 6. The van der Waals surface area contributed by atoms with Crippen molar-refractivity contribution in [2.75, 3.05) is 27.9 Å². The third-order valence-electron chi connectivity index (χ3n) is 10.4. The Morgan fingerprint density at radius 2 is 1.77 bits per heavy atom. The lowest BCUT2D eigenvalue weighted by molar-refractivity contribution is -0.207. The molecule has 5 fully saturated rings. The average molecular weight is 495 g/mol. The van der Waals surface area contributed by atoms with E-state index in [9.17, 15) is 19.5 Å². The van der Waals surface area contributed by atoms with E-state index in [4.69, 9.17) is 23.7 Å². The molecule has 0 heterocycles. The molecular formula is C26H38O9. The molecule has 0 aromatic carbocycles. The topological polar surface area (TPSA) is 118 Å². The fraction of sp³-hybridized carbons (Fsp3) is 0.885. The Morgan fingerprint density at radius 1 is 1.03 bits per heavy atom. The zero-order valence-electron chi connectivity index (χ0n) is 21.2. The minimum absolute atomic E-state index is 0.0504. The number of rotatable bonds is 7. The number of methoxy groups -OCH3 is 3. The van der Waals surface area contributed by atoms with Gasteiger partial charge in [-0.05, 0) is 31.6 Å². The molecule has 12 atom stereocenters. The molecule has 0 aliphatic heterocycles. The second kappa shape index (κ2) is 8.50. The lowest BCUT2D eigenvalue weighted by Crippen LogP contribution is -2.62. The van der Waals surface area contributed by atoms with Crippen LogP contribution in [0.4, 0.5) is 0 Å². The third kappa shape index (κ3) is 3.17. The van der Waals surface area contributed by atoms with Crippen molar-refractivity contribution in [3.05, 3.63) is 0 Å². The smallest absolute Gasteiger partial charge is 0.303 e. The largest absolute Gasteiger partial charge is 0.462 e. The first-order chi connectivity index (χ1) is 16.6. The Kier molecular flexibility index (Phi) is 6.10. The molecular weight excluding hydrogens is 456 g/mol. The van der Waals surface area contributed by atoms with Crippen molar-refractivity contribution in [2.45, 2.75) is 75.5 Å². The molecule has 0 saturated heterocycles. The monoisotopic (exact) mass is 494 g/mol. The molecule has 0 radical (unpaired) electrons. The first-order valence-corrected chi connectivity index (χ1v) is 12.7. The van der Waals surface area contributed by atoms with E-state index in [0.29, 0.717) is 32.1 Å². The number of ether oxygens (including phenoxy) is 5. The molecule has 0 amide bonds. The summed E-state index contributed by atoms with van der Waals surface area (Å²) in [5.41, 5.74) is -3.10. The Hall–Kier alpha value is -1.55. The van der Waals surface area contributed by atoms with Crippen LogP contribution in [0.5, 0.6) is 0 Å². The molecule has 196 valence electrons. The van der Waals surface area contributed by atoms with E-state index in [1.165, 1.54) is 13.8 Å². The Balaban J connectivity index is 1.67. The van der Waals surface area contributed by atoms with Gasteiger partial charge in [-0.3, -0.25) is 9.59 Å². The summed E-state index contributed by atoms with van der Waals surface area (Å²) in [5, 5.41) is 12.6. The van der Waals surface area contributed by atoms with Crippen molar-refractivity contribution >= 4 is 18.2 Å². The molecule has 0 aromatic heterocycles. The van der Waals surface area contributed by atoms with Gasteiger partial charge in [-0.2, -0.15) is 0 Å². The van der Waals surface area contributed by atoms with Crippen LogP contribution < -0.4 is 0 Å². The number of esters is 2. The van der Waals surface area contributed by atoms with Crippen LogP contribution in [0.25, 0.3) is 0 Å². The highest BCUT2D eigenvalue weighted by Crippen LogP contribution is 2.75. The number of carbonyl (C=O) groups excluding carboxylic acids is 3. The van der Waals surface area contributed by atoms with Gasteiger partial charge in [0.2, 0.25) is 0 Å². The molecule has 5 rings (SSSR count). The predicted molar refractivity (Wildman–Crippen MR) is 121 cm³/mol. The number of hydrogen-bond acceptors (Lipinski definition) is 9. The van der Waals surface area contributed by atoms with Crippen LogP contribution in [-0.2, 0) is 38.1 Å². The maximum atomic E-state index is 12.6. The number of carbonyl (C=O) groups is 3. The van der Waals surface area contributed by atoms with E-state index in [1.54, 1.807) is 21.3 Å². The maximum Gasteiger partial charge on any atom is 0.303 e. The van der Waals surface area contributed by atoms with Gasteiger partial charge in [0.05, 0.1) is 29.8 Å². The summed E-state index contributed by atoms with van der Waals surface area (Å²) in [6, 6.07) is 0. The summed E-state index contributed by atoms with van der Waals surface area (Å²) in [6.45, 7) is 3.01. The van der Waals surface area contributed by atoms with Crippen molar-refractivity contribution in [3.63, 3.8) is 0 Å².